The van der Waals surface area contributed by atoms with Crippen LogP contribution in [0.2, 0.25) is 5.02 Å². The lowest BCUT2D eigenvalue weighted by molar-refractivity contribution is 0.502. The highest BCUT2D eigenvalue weighted by molar-refractivity contribution is 6.31. The Balaban J connectivity index is 2.68. The molecule has 1 heterocycles. The zero-order chi connectivity index (χ0) is 11.9. The number of nitrogens with zero attached hydrogens (tertiary/aromatic N) is 2. The molecular formula is C10H8ClF2N3. The second-order valence-corrected chi connectivity index (χ2v) is 3.71. The first kappa shape index (κ1) is 10.9. The van der Waals surface area contributed by atoms with E-state index in [1.54, 1.807) is 6.92 Å². The highest BCUT2D eigenvalue weighted by atomic mass is 35.5. The summed E-state index contributed by atoms with van der Waals surface area (Å²) in [6, 6.07) is 2.24. The van der Waals surface area contributed by atoms with Crippen molar-refractivity contribution in [1.82, 2.24) is 9.78 Å². The van der Waals surface area contributed by atoms with E-state index in [0.717, 1.165) is 10.7 Å². The van der Waals surface area contributed by atoms with E-state index in [1.807, 2.05) is 0 Å². The van der Waals surface area contributed by atoms with Gasteiger partial charge in [-0.05, 0) is 19.1 Å². The molecule has 0 aliphatic carbocycles. The molecular weight excluding hydrogens is 236 g/mol. The molecule has 84 valence electrons. The fourth-order valence-electron chi connectivity index (χ4n) is 1.34. The maximum Gasteiger partial charge on any atom is 0.186 e. The van der Waals surface area contributed by atoms with Gasteiger partial charge in [-0.2, -0.15) is 5.10 Å². The quantitative estimate of drug-likeness (QED) is 0.783. The second-order valence-electron chi connectivity index (χ2n) is 3.31. The van der Waals surface area contributed by atoms with E-state index >= 15 is 0 Å². The Hall–Kier alpha value is -1.62. The molecule has 0 atom stereocenters. The number of hydrogen-bond donors (Lipinski definition) is 1. The van der Waals surface area contributed by atoms with Gasteiger partial charge in [-0.1, -0.05) is 11.6 Å². The van der Waals surface area contributed by atoms with Crippen LogP contribution < -0.4 is 5.73 Å². The first-order chi connectivity index (χ1) is 7.50. The molecule has 0 fully saturated rings. The van der Waals surface area contributed by atoms with Gasteiger partial charge in [0.05, 0.1) is 16.4 Å². The Morgan fingerprint density at radius 3 is 2.62 bits per heavy atom. The van der Waals surface area contributed by atoms with Crippen molar-refractivity contribution in [3.63, 3.8) is 0 Å². The molecule has 2 aromatic rings. The summed E-state index contributed by atoms with van der Waals surface area (Å²) in [6.45, 7) is 1.66. The van der Waals surface area contributed by atoms with Crippen molar-refractivity contribution in [2.24, 2.45) is 0 Å². The predicted octanol–water partition coefficient (Wildman–Crippen LogP) is 2.69. The van der Waals surface area contributed by atoms with Crippen molar-refractivity contribution in [2.75, 3.05) is 5.73 Å². The van der Waals surface area contributed by atoms with Gasteiger partial charge in [0.1, 0.15) is 5.69 Å². The summed E-state index contributed by atoms with van der Waals surface area (Å²) in [4.78, 5) is 0. The van der Waals surface area contributed by atoms with Crippen molar-refractivity contribution < 1.29 is 8.78 Å². The molecule has 0 saturated heterocycles. The van der Waals surface area contributed by atoms with E-state index in [9.17, 15) is 8.78 Å². The summed E-state index contributed by atoms with van der Waals surface area (Å²) >= 11 is 5.78. The molecule has 2 rings (SSSR count). The highest BCUT2D eigenvalue weighted by Gasteiger charge is 2.15. The normalized spacial score (nSPS) is 10.8. The number of rotatable bonds is 1. The van der Waals surface area contributed by atoms with Crippen LogP contribution in [0.25, 0.3) is 5.69 Å². The van der Waals surface area contributed by atoms with Gasteiger partial charge in [0.15, 0.2) is 11.6 Å². The molecule has 0 bridgehead atoms. The van der Waals surface area contributed by atoms with E-state index in [0.29, 0.717) is 10.7 Å². The summed E-state index contributed by atoms with van der Waals surface area (Å²) in [5.74, 6) is -2.02. The Bertz CT molecular complexity index is 532. The van der Waals surface area contributed by atoms with Crippen molar-refractivity contribution in [2.45, 2.75) is 6.92 Å². The molecule has 0 unspecified atom stereocenters. The largest absolute Gasteiger partial charge is 0.397 e. The molecule has 0 aliphatic heterocycles. The number of halogens is 3. The highest BCUT2D eigenvalue weighted by Crippen LogP contribution is 2.25. The Labute approximate surface area is 95.4 Å². The average Bonchev–Trinajstić information content (AvgIpc) is 2.54. The molecule has 6 heteroatoms. The molecule has 1 aromatic heterocycles. The maximum atomic E-state index is 13.5. The number of aromatic nitrogens is 2. The van der Waals surface area contributed by atoms with Crippen LogP contribution in [0.4, 0.5) is 14.5 Å². The molecule has 0 amide bonds. The third-order valence-corrected chi connectivity index (χ3v) is 2.54. The smallest absolute Gasteiger partial charge is 0.186 e. The molecule has 0 spiro atoms. The molecule has 2 N–H and O–H groups in total. The van der Waals surface area contributed by atoms with Crippen LogP contribution >= 0.6 is 11.6 Å². The lowest BCUT2D eigenvalue weighted by Gasteiger charge is -2.07. The van der Waals surface area contributed by atoms with Crippen LogP contribution in [-0.4, -0.2) is 9.78 Å². The summed E-state index contributed by atoms with van der Waals surface area (Å²) < 4.78 is 27.7. The summed E-state index contributed by atoms with van der Waals surface area (Å²) in [7, 11) is 0. The van der Waals surface area contributed by atoms with Crippen LogP contribution in [0.3, 0.4) is 0 Å². The van der Waals surface area contributed by atoms with Crippen LogP contribution in [0.5, 0.6) is 0 Å². The van der Waals surface area contributed by atoms with Gasteiger partial charge < -0.3 is 5.73 Å². The van der Waals surface area contributed by atoms with E-state index in [1.165, 1.54) is 12.3 Å². The van der Waals surface area contributed by atoms with E-state index < -0.39 is 11.6 Å². The fraction of sp³-hybridized carbons (Fsp3) is 0.100. The standard InChI is InChI=1S/C10H8ClF2N3/c1-5-6(11)4-16(15-5)10-8(14)3-2-7(12)9(10)13/h2-4H,14H2,1H3. The molecule has 0 saturated carbocycles. The number of nitrogens with two attached hydrogens (primary N) is 1. The van der Waals surface area contributed by atoms with E-state index in [4.69, 9.17) is 17.3 Å². The lowest BCUT2D eigenvalue weighted by Crippen LogP contribution is -2.05. The van der Waals surface area contributed by atoms with Gasteiger partial charge in [0.2, 0.25) is 0 Å². The number of hydrogen-bond acceptors (Lipinski definition) is 2. The third kappa shape index (κ3) is 1.63. The fourth-order valence-corrected chi connectivity index (χ4v) is 1.47. The van der Waals surface area contributed by atoms with Gasteiger partial charge in [0, 0.05) is 6.20 Å². The van der Waals surface area contributed by atoms with Gasteiger partial charge in [-0.3, -0.25) is 0 Å². The first-order valence-electron chi connectivity index (χ1n) is 4.46. The Morgan fingerprint density at radius 1 is 1.38 bits per heavy atom. The maximum absolute atomic E-state index is 13.5. The number of benzene rings is 1. The van der Waals surface area contributed by atoms with Crippen LogP contribution in [0, 0.1) is 18.6 Å². The van der Waals surface area contributed by atoms with Gasteiger partial charge in [0.25, 0.3) is 0 Å². The molecule has 1 aromatic carbocycles. The molecule has 16 heavy (non-hydrogen) atoms. The minimum atomic E-state index is -1.04. The second kappa shape index (κ2) is 3.75. The molecule has 3 nitrogen and oxygen atoms in total. The van der Waals surface area contributed by atoms with Crippen molar-refractivity contribution in [3.8, 4) is 5.69 Å². The lowest BCUT2D eigenvalue weighted by atomic mass is 10.2. The monoisotopic (exact) mass is 243 g/mol. The van der Waals surface area contributed by atoms with Crippen LogP contribution in [0.1, 0.15) is 5.69 Å². The average molecular weight is 244 g/mol. The van der Waals surface area contributed by atoms with Crippen LogP contribution in [-0.2, 0) is 0 Å². The first-order valence-corrected chi connectivity index (χ1v) is 4.84. The van der Waals surface area contributed by atoms with Gasteiger partial charge >= 0.3 is 0 Å². The van der Waals surface area contributed by atoms with Crippen molar-refractivity contribution in [1.29, 1.82) is 0 Å². The zero-order valence-corrected chi connectivity index (χ0v) is 9.09. The predicted molar refractivity (Wildman–Crippen MR) is 57.6 cm³/mol. The van der Waals surface area contributed by atoms with E-state index in [-0.39, 0.29) is 11.4 Å². The number of aryl methyl sites for hydroxylation is 1. The minimum absolute atomic E-state index is 0.0954. The Kier molecular flexibility index (Phi) is 2.55. The summed E-state index contributed by atoms with van der Waals surface area (Å²) in [5, 5.41) is 4.31. The minimum Gasteiger partial charge on any atom is -0.397 e. The van der Waals surface area contributed by atoms with Gasteiger partial charge in [-0.15, -0.1) is 0 Å². The van der Waals surface area contributed by atoms with Crippen molar-refractivity contribution in [3.05, 3.63) is 40.7 Å². The zero-order valence-electron chi connectivity index (χ0n) is 8.34. The molecule has 0 aliphatic rings. The Morgan fingerprint density at radius 2 is 2.06 bits per heavy atom. The van der Waals surface area contributed by atoms with Crippen LogP contribution in [0.15, 0.2) is 18.3 Å². The summed E-state index contributed by atoms with van der Waals surface area (Å²) in [6.07, 6.45) is 1.38. The summed E-state index contributed by atoms with van der Waals surface area (Å²) in [5.41, 5.74) is 6.06. The van der Waals surface area contributed by atoms with Gasteiger partial charge in [-0.25, -0.2) is 13.5 Å². The topological polar surface area (TPSA) is 43.8 Å². The third-order valence-electron chi connectivity index (χ3n) is 2.17. The number of anilines is 1. The SMILES string of the molecule is Cc1nn(-c2c(N)ccc(F)c2F)cc1Cl. The van der Waals surface area contributed by atoms with E-state index in [2.05, 4.69) is 5.10 Å². The van der Waals surface area contributed by atoms with Crippen molar-refractivity contribution >= 4 is 17.3 Å². The number of nitrogen functional groups attached to an aromatic ring is 1. The molecule has 0 radical (unpaired) electrons.